The molecule has 2 fully saturated rings. The molecule has 192 valence electrons. The molecule has 5 rings (SSSR count). The Morgan fingerprint density at radius 1 is 1.08 bits per heavy atom. The lowest BCUT2D eigenvalue weighted by atomic mass is 9.83. The molecule has 0 unspecified atom stereocenters. The fourth-order valence-corrected chi connectivity index (χ4v) is 6.20. The maximum Gasteiger partial charge on any atom is 0.243 e. The van der Waals surface area contributed by atoms with Crippen molar-refractivity contribution in [1.29, 1.82) is 0 Å². The van der Waals surface area contributed by atoms with Crippen molar-refractivity contribution in [3.8, 4) is 5.75 Å². The first-order chi connectivity index (χ1) is 17.5. The summed E-state index contributed by atoms with van der Waals surface area (Å²) in [6, 6.07) is 9.88. The molecule has 5 nitrogen and oxygen atoms in total. The van der Waals surface area contributed by atoms with Gasteiger partial charge in [0.15, 0.2) is 0 Å². The third-order valence-corrected chi connectivity index (χ3v) is 8.05. The lowest BCUT2D eigenvalue weighted by Gasteiger charge is -2.33. The van der Waals surface area contributed by atoms with Gasteiger partial charge in [0.25, 0.3) is 0 Å². The molecule has 36 heavy (non-hydrogen) atoms. The number of nitrogens with one attached hydrogen (secondary N) is 1. The highest BCUT2D eigenvalue weighted by Crippen LogP contribution is 2.37. The van der Waals surface area contributed by atoms with Gasteiger partial charge in [-0.05, 0) is 80.5 Å². The van der Waals surface area contributed by atoms with Crippen molar-refractivity contribution in [2.75, 3.05) is 0 Å². The van der Waals surface area contributed by atoms with Crippen molar-refractivity contribution >= 4 is 28.5 Å². The molecule has 1 aromatic heterocycles. The van der Waals surface area contributed by atoms with Crippen LogP contribution in [0.3, 0.4) is 0 Å². The van der Waals surface area contributed by atoms with E-state index < -0.39 is 6.04 Å². The molecule has 0 saturated heterocycles. The molecule has 1 amide bonds. The number of nitrogens with zero attached hydrogens (tertiary/aromatic N) is 2. The molecule has 0 aliphatic heterocycles. The standard InChI is InChI=1S/C29H35ClFN3O2/c1-19-16-21(30)12-15-26(19)36-18-27-33-24-14-13-22(31)17-25(24)34(27)28(20-8-4-2-5-9-20)29(35)32-23-10-6-3-7-11-23/h12-17,20,23,28H,2-11,18H2,1H3,(H,32,35)/t28-/m1/s1. The minimum absolute atomic E-state index is 0.0290. The summed E-state index contributed by atoms with van der Waals surface area (Å²) in [6.07, 6.45) is 10.9. The largest absolute Gasteiger partial charge is 0.485 e. The number of benzene rings is 2. The molecule has 7 heteroatoms. The van der Waals surface area contributed by atoms with Crippen molar-refractivity contribution < 1.29 is 13.9 Å². The number of hydrogen-bond donors (Lipinski definition) is 1. The van der Waals surface area contributed by atoms with Crippen LogP contribution in [-0.4, -0.2) is 21.5 Å². The number of ether oxygens (including phenoxy) is 1. The number of aryl methyl sites for hydroxylation is 1. The lowest BCUT2D eigenvalue weighted by Crippen LogP contribution is -2.44. The molecular weight excluding hydrogens is 477 g/mol. The van der Waals surface area contributed by atoms with Crippen LogP contribution in [0.5, 0.6) is 5.75 Å². The Morgan fingerprint density at radius 3 is 2.53 bits per heavy atom. The predicted octanol–water partition coefficient (Wildman–Crippen LogP) is 7.29. The van der Waals surface area contributed by atoms with Crippen LogP contribution in [0.1, 0.15) is 81.6 Å². The number of imidazole rings is 1. The average Bonchev–Trinajstić information content (AvgIpc) is 3.22. The van der Waals surface area contributed by atoms with Gasteiger partial charge < -0.3 is 14.6 Å². The van der Waals surface area contributed by atoms with Gasteiger partial charge in [0.2, 0.25) is 5.91 Å². The molecule has 0 radical (unpaired) electrons. The molecule has 3 aromatic rings. The first-order valence-corrected chi connectivity index (χ1v) is 13.7. The van der Waals surface area contributed by atoms with Gasteiger partial charge in [-0.3, -0.25) is 4.79 Å². The number of carbonyl (C=O) groups is 1. The molecular formula is C29H35ClFN3O2. The zero-order chi connectivity index (χ0) is 25.1. The predicted molar refractivity (Wildman–Crippen MR) is 141 cm³/mol. The Kier molecular flexibility index (Phi) is 7.80. The van der Waals surface area contributed by atoms with E-state index in [0.717, 1.165) is 56.9 Å². The van der Waals surface area contributed by atoms with Gasteiger partial charge in [0.05, 0.1) is 11.0 Å². The normalized spacial score (nSPS) is 18.3. The topological polar surface area (TPSA) is 56.2 Å². The summed E-state index contributed by atoms with van der Waals surface area (Å²) in [5.74, 6) is 1.23. The van der Waals surface area contributed by atoms with Crippen LogP contribution in [-0.2, 0) is 11.4 Å². The summed E-state index contributed by atoms with van der Waals surface area (Å²) >= 11 is 6.12. The van der Waals surface area contributed by atoms with Gasteiger partial charge in [0.1, 0.15) is 30.0 Å². The molecule has 2 aromatic carbocycles. The second-order valence-corrected chi connectivity index (χ2v) is 10.9. The number of fused-ring (bicyclic) bond motifs is 1. The van der Waals surface area contributed by atoms with Crippen LogP contribution in [0.15, 0.2) is 36.4 Å². The highest BCUT2D eigenvalue weighted by atomic mass is 35.5. The monoisotopic (exact) mass is 511 g/mol. The van der Waals surface area contributed by atoms with Gasteiger partial charge in [-0.1, -0.05) is 50.1 Å². The summed E-state index contributed by atoms with van der Waals surface area (Å²) in [4.78, 5) is 18.8. The Labute approximate surface area is 217 Å². The van der Waals surface area contributed by atoms with Crippen molar-refractivity contribution in [3.63, 3.8) is 0 Å². The number of rotatable bonds is 7. The van der Waals surface area contributed by atoms with Crippen LogP contribution >= 0.6 is 11.6 Å². The number of hydrogen-bond acceptors (Lipinski definition) is 3. The molecule has 1 N–H and O–H groups in total. The molecule has 2 saturated carbocycles. The second-order valence-electron chi connectivity index (χ2n) is 10.4. The van der Waals surface area contributed by atoms with E-state index in [2.05, 4.69) is 5.32 Å². The maximum atomic E-state index is 14.5. The third kappa shape index (κ3) is 5.54. The maximum absolute atomic E-state index is 14.5. The average molecular weight is 512 g/mol. The highest BCUT2D eigenvalue weighted by molar-refractivity contribution is 6.30. The molecule has 2 aliphatic carbocycles. The number of carbonyl (C=O) groups excluding carboxylic acids is 1. The Bertz CT molecular complexity index is 1210. The Balaban J connectivity index is 1.53. The second kappa shape index (κ2) is 11.2. The van der Waals surface area contributed by atoms with E-state index in [9.17, 15) is 9.18 Å². The Morgan fingerprint density at radius 2 is 1.81 bits per heavy atom. The van der Waals surface area contributed by atoms with Gasteiger partial charge in [0, 0.05) is 11.1 Å². The highest BCUT2D eigenvalue weighted by Gasteiger charge is 2.35. The van der Waals surface area contributed by atoms with E-state index >= 15 is 0 Å². The van der Waals surface area contributed by atoms with Crippen LogP contribution in [0.4, 0.5) is 4.39 Å². The van der Waals surface area contributed by atoms with Gasteiger partial charge >= 0.3 is 0 Å². The number of amides is 1. The third-order valence-electron chi connectivity index (χ3n) is 7.81. The summed E-state index contributed by atoms with van der Waals surface area (Å²) in [5, 5.41) is 4.02. The minimum atomic E-state index is -0.441. The van der Waals surface area contributed by atoms with Crippen LogP contribution in [0, 0.1) is 18.7 Å². The first-order valence-electron chi connectivity index (χ1n) is 13.4. The molecule has 0 spiro atoms. The van der Waals surface area contributed by atoms with E-state index in [0.29, 0.717) is 27.6 Å². The fraction of sp³-hybridized carbons (Fsp3) is 0.517. The fourth-order valence-electron chi connectivity index (χ4n) is 5.97. The van der Waals surface area contributed by atoms with Crippen molar-refractivity contribution in [1.82, 2.24) is 14.9 Å². The van der Waals surface area contributed by atoms with Crippen molar-refractivity contribution in [2.24, 2.45) is 5.92 Å². The van der Waals surface area contributed by atoms with Crippen molar-refractivity contribution in [3.05, 3.63) is 58.6 Å². The first kappa shape index (κ1) is 25.1. The quantitative estimate of drug-likeness (QED) is 0.362. The van der Waals surface area contributed by atoms with E-state index in [-0.39, 0.29) is 30.3 Å². The van der Waals surface area contributed by atoms with Crippen LogP contribution < -0.4 is 10.1 Å². The summed E-state index contributed by atoms with van der Waals surface area (Å²) in [7, 11) is 0. The molecule has 0 bridgehead atoms. The number of aromatic nitrogens is 2. The smallest absolute Gasteiger partial charge is 0.243 e. The van der Waals surface area contributed by atoms with Gasteiger partial charge in [-0.2, -0.15) is 0 Å². The summed E-state index contributed by atoms with van der Waals surface area (Å²) in [6.45, 7) is 2.13. The SMILES string of the molecule is Cc1cc(Cl)ccc1OCc1nc2ccc(F)cc2n1[C@@H](C(=O)NC1CCCCC1)C1CCCCC1. The number of halogens is 2. The van der Waals surface area contributed by atoms with Crippen molar-refractivity contribution in [2.45, 2.75) is 89.8 Å². The van der Waals surface area contributed by atoms with E-state index in [4.69, 9.17) is 21.3 Å². The van der Waals surface area contributed by atoms with Gasteiger partial charge in [-0.15, -0.1) is 0 Å². The lowest BCUT2D eigenvalue weighted by molar-refractivity contribution is -0.127. The Hall–Kier alpha value is -2.60. The zero-order valence-electron chi connectivity index (χ0n) is 20.9. The van der Waals surface area contributed by atoms with Gasteiger partial charge in [-0.25, -0.2) is 9.37 Å². The zero-order valence-corrected chi connectivity index (χ0v) is 21.7. The van der Waals surface area contributed by atoms with Crippen LogP contribution in [0.25, 0.3) is 11.0 Å². The summed E-state index contributed by atoms with van der Waals surface area (Å²) < 4.78 is 22.6. The van der Waals surface area contributed by atoms with E-state index in [1.54, 1.807) is 12.1 Å². The molecule has 1 atom stereocenters. The van der Waals surface area contributed by atoms with E-state index in [1.807, 2.05) is 23.6 Å². The summed E-state index contributed by atoms with van der Waals surface area (Å²) in [5.41, 5.74) is 2.25. The molecule has 2 aliphatic rings. The molecule has 1 heterocycles. The minimum Gasteiger partial charge on any atom is -0.485 e. The van der Waals surface area contributed by atoms with E-state index in [1.165, 1.54) is 25.0 Å². The van der Waals surface area contributed by atoms with Crippen LogP contribution in [0.2, 0.25) is 5.02 Å².